The number of hydrogen-bond acceptors (Lipinski definition) is 5. The maximum absolute atomic E-state index is 5.56. The summed E-state index contributed by atoms with van der Waals surface area (Å²) in [5.74, 6) is 1.60. The van der Waals surface area contributed by atoms with Gasteiger partial charge in [0.25, 0.3) is 0 Å². The summed E-state index contributed by atoms with van der Waals surface area (Å²) in [5.41, 5.74) is 0.998. The lowest BCUT2D eigenvalue weighted by molar-refractivity contribution is 0.132. The molecular formula is C13H19N3OS. The van der Waals surface area contributed by atoms with Crippen molar-refractivity contribution in [1.29, 1.82) is 0 Å². The third-order valence-electron chi connectivity index (χ3n) is 2.62. The summed E-state index contributed by atoms with van der Waals surface area (Å²) in [4.78, 5) is 8.46. The van der Waals surface area contributed by atoms with Gasteiger partial charge in [0.2, 0.25) is 0 Å². The molecule has 2 aromatic heterocycles. The second kappa shape index (κ2) is 6.66. The van der Waals surface area contributed by atoms with Gasteiger partial charge in [-0.25, -0.2) is 9.97 Å². The fourth-order valence-corrected chi connectivity index (χ4v) is 2.39. The van der Waals surface area contributed by atoms with E-state index < -0.39 is 0 Å². The average Bonchev–Trinajstić information content (AvgIpc) is 2.82. The lowest BCUT2D eigenvalue weighted by Crippen LogP contribution is -2.11. The Labute approximate surface area is 111 Å². The molecule has 0 radical (unpaired) electrons. The molecule has 4 nitrogen and oxygen atoms in total. The molecule has 0 aliphatic heterocycles. The highest BCUT2D eigenvalue weighted by Crippen LogP contribution is 2.24. The largest absolute Gasteiger partial charge is 0.380 e. The third-order valence-corrected chi connectivity index (χ3v) is 3.53. The Morgan fingerprint density at radius 2 is 2.22 bits per heavy atom. The van der Waals surface area contributed by atoms with E-state index in [2.05, 4.69) is 29.1 Å². The van der Waals surface area contributed by atoms with E-state index >= 15 is 0 Å². The Hall–Kier alpha value is -1.20. The second-order valence-corrected chi connectivity index (χ2v) is 5.50. The molecule has 2 heterocycles. The lowest BCUT2D eigenvalue weighted by Gasteiger charge is -2.08. The molecular weight excluding hydrogens is 246 g/mol. The van der Waals surface area contributed by atoms with Gasteiger partial charge in [-0.05, 0) is 23.8 Å². The van der Waals surface area contributed by atoms with Crippen molar-refractivity contribution >= 4 is 27.4 Å². The number of thiophene rings is 1. The number of nitrogens with zero attached hydrogens (tertiary/aromatic N) is 2. The Kier molecular flexibility index (Phi) is 4.90. The maximum Gasteiger partial charge on any atom is 0.147 e. The van der Waals surface area contributed by atoms with Crippen LogP contribution in [0.1, 0.15) is 20.3 Å². The van der Waals surface area contributed by atoms with Crippen LogP contribution < -0.4 is 5.32 Å². The fourth-order valence-electron chi connectivity index (χ4n) is 1.58. The van der Waals surface area contributed by atoms with Gasteiger partial charge >= 0.3 is 0 Å². The van der Waals surface area contributed by atoms with Crippen LogP contribution in [-0.2, 0) is 4.74 Å². The molecule has 1 N–H and O–H groups in total. The second-order valence-electron chi connectivity index (χ2n) is 4.58. The predicted molar refractivity (Wildman–Crippen MR) is 76.2 cm³/mol. The Morgan fingerprint density at radius 3 is 3.06 bits per heavy atom. The van der Waals surface area contributed by atoms with Crippen molar-refractivity contribution in [1.82, 2.24) is 9.97 Å². The molecule has 0 saturated heterocycles. The van der Waals surface area contributed by atoms with Crippen molar-refractivity contribution in [3.63, 3.8) is 0 Å². The molecule has 0 fully saturated rings. The Balaban J connectivity index is 1.75. The smallest absolute Gasteiger partial charge is 0.147 e. The molecule has 0 aliphatic rings. The van der Waals surface area contributed by atoms with Gasteiger partial charge in [0.1, 0.15) is 12.1 Å². The van der Waals surface area contributed by atoms with E-state index in [4.69, 9.17) is 4.74 Å². The monoisotopic (exact) mass is 265 g/mol. The number of anilines is 1. The molecule has 0 atom stereocenters. The summed E-state index contributed by atoms with van der Waals surface area (Å²) in [7, 11) is 0. The summed E-state index contributed by atoms with van der Waals surface area (Å²) in [6.45, 7) is 6.73. The van der Waals surface area contributed by atoms with Crippen LogP contribution in [0.25, 0.3) is 10.2 Å². The van der Waals surface area contributed by atoms with Gasteiger partial charge in [-0.1, -0.05) is 13.8 Å². The van der Waals surface area contributed by atoms with E-state index in [-0.39, 0.29) is 0 Å². The first-order valence-corrected chi connectivity index (χ1v) is 7.15. The zero-order valence-corrected chi connectivity index (χ0v) is 11.7. The van der Waals surface area contributed by atoms with Crippen molar-refractivity contribution in [3.05, 3.63) is 17.8 Å². The maximum atomic E-state index is 5.56. The fraction of sp³-hybridized carbons (Fsp3) is 0.538. The van der Waals surface area contributed by atoms with Crippen LogP contribution in [0.15, 0.2) is 17.8 Å². The molecule has 0 saturated carbocycles. The van der Waals surface area contributed by atoms with Crippen LogP contribution in [-0.4, -0.2) is 29.7 Å². The van der Waals surface area contributed by atoms with Crippen molar-refractivity contribution in [2.75, 3.05) is 25.1 Å². The molecule has 0 spiro atoms. The highest BCUT2D eigenvalue weighted by molar-refractivity contribution is 7.17. The van der Waals surface area contributed by atoms with Crippen molar-refractivity contribution in [2.45, 2.75) is 20.3 Å². The minimum atomic E-state index is 0.700. The quantitative estimate of drug-likeness (QED) is 0.781. The lowest BCUT2D eigenvalue weighted by atomic mass is 10.1. The summed E-state index contributed by atoms with van der Waals surface area (Å²) in [6, 6.07) is 2.01. The first-order chi connectivity index (χ1) is 8.77. The molecule has 0 aliphatic carbocycles. The topological polar surface area (TPSA) is 47.0 Å². The van der Waals surface area contributed by atoms with E-state index in [1.807, 2.05) is 11.4 Å². The average molecular weight is 265 g/mol. The van der Waals surface area contributed by atoms with Crippen LogP contribution in [0.4, 0.5) is 5.82 Å². The highest BCUT2D eigenvalue weighted by atomic mass is 32.1. The summed E-state index contributed by atoms with van der Waals surface area (Å²) < 4.78 is 6.67. The number of aromatic nitrogens is 2. The normalized spacial score (nSPS) is 11.3. The Morgan fingerprint density at radius 1 is 1.33 bits per heavy atom. The van der Waals surface area contributed by atoms with Gasteiger partial charge in [-0.15, -0.1) is 11.3 Å². The molecule has 2 aromatic rings. The van der Waals surface area contributed by atoms with E-state index in [0.717, 1.165) is 35.6 Å². The highest BCUT2D eigenvalue weighted by Gasteiger charge is 2.03. The summed E-state index contributed by atoms with van der Waals surface area (Å²) in [5, 5.41) is 5.33. The van der Waals surface area contributed by atoms with Crippen LogP contribution >= 0.6 is 11.3 Å². The molecule has 0 bridgehead atoms. The SMILES string of the molecule is CC(C)CCOCCNc1ncnc2ccsc12. The van der Waals surface area contributed by atoms with Crippen molar-refractivity contribution < 1.29 is 4.74 Å². The van der Waals surface area contributed by atoms with Crippen LogP contribution in [0, 0.1) is 5.92 Å². The molecule has 98 valence electrons. The minimum Gasteiger partial charge on any atom is -0.380 e. The first-order valence-electron chi connectivity index (χ1n) is 6.27. The third kappa shape index (κ3) is 3.65. The standard InChI is InChI=1S/C13H19N3OS/c1-10(2)3-6-17-7-5-14-13-12-11(4-8-18-12)15-9-16-13/h4,8-10H,3,5-7H2,1-2H3,(H,14,15,16). The number of hydrogen-bond donors (Lipinski definition) is 1. The van der Waals surface area contributed by atoms with Crippen LogP contribution in [0.2, 0.25) is 0 Å². The molecule has 0 aromatic carbocycles. The number of nitrogens with one attached hydrogen (secondary N) is 1. The van der Waals surface area contributed by atoms with E-state index in [1.165, 1.54) is 0 Å². The number of ether oxygens (including phenoxy) is 1. The molecule has 0 amide bonds. The zero-order valence-electron chi connectivity index (χ0n) is 10.8. The molecule has 2 rings (SSSR count). The van der Waals surface area contributed by atoms with Gasteiger partial charge in [0.05, 0.1) is 16.8 Å². The molecule has 18 heavy (non-hydrogen) atoms. The van der Waals surface area contributed by atoms with Gasteiger partial charge in [-0.3, -0.25) is 0 Å². The van der Waals surface area contributed by atoms with Gasteiger partial charge in [0, 0.05) is 13.2 Å². The van der Waals surface area contributed by atoms with Crippen LogP contribution in [0.3, 0.4) is 0 Å². The van der Waals surface area contributed by atoms with E-state index in [0.29, 0.717) is 12.5 Å². The first kappa shape index (κ1) is 13.2. The van der Waals surface area contributed by atoms with E-state index in [1.54, 1.807) is 17.7 Å². The molecule has 5 heteroatoms. The summed E-state index contributed by atoms with van der Waals surface area (Å²) >= 11 is 1.66. The van der Waals surface area contributed by atoms with Crippen molar-refractivity contribution in [2.24, 2.45) is 5.92 Å². The number of rotatable bonds is 7. The Bertz CT molecular complexity index is 484. The van der Waals surface area contributed by atoms with Gasteiger partial charge in [0.15, 0.2) is 0 Å². The molecule has 0 unspecified atom stereocenters. The van der Waals surface area contributed by atoms with E-state index in [9.17, 15) is 0 Å². The predicted octanol–water partition coefficient (Wildman–Crippen LogP) is 3.17. The zero-order chi connectivity index (χ0) is 12.8. The van der Waals surface area contributed by atoms with Crippen LogP contribution in [0.5, 0.6) is 0 Å². The summed E-state index contributed by atoms with van der Waals surface area (Å²) in [6.07, 6.45) is 2.71. The van der Waals surface area contributed by atoms with Crippen molar-refractivity contribution in [3.8, 4) is 0 Å². The number of fused-ring (bicyclic) bond motifs is 1. The van der Waals surface area contributed by atoms with Gasteiger partial charge < -0.3 is 10.1 Å². The van der Waals surface area contributed by atoms with Gasteiger partial charge in [-0.2, -0.15) is 0 Å². The minimum absolute atomic E-state index is 0.700.